The van der Waals surface area contributed by atoms with Crippen molar-refractivity contribution in [2.45, 2.75) is 50.7 Å². The van der Waals surface area contributed by atoms with Crippen LogP contribution in [-0.4, -0.2) is 68.7 Å². The lowest BCUT2D eigenvalue weighted by atomic mass is 9.76. The minimum atomic E-state index is -0.560. The molecule has 3 atom stereocenters. The summed E-state index contributed by atoms with van der Waals surface area (Å²) in [5.74, 6) is 1.74. The van der Waals surface area contributed by atoms with Gasteiger partial charge in [0.05, 0.1) is 36.5 Å². The van der Waals surface area contributed by atoms with Crippen molar-refractivity contribution in [2.24, 2.45) is 24.6 Å². The van der Waals surface area contributed by atoms with Crippen molar-refractivity contribution in [2.75, 3.05) is 20.8 Å². The number of methoxy groups -OCH3 is 2. The zero-order valence-electron chi connectivity index (χ0n) is 28.9. The Morgan fingerprint density at radius 1 is 1.00 bits per heavy atom. The number of benzene rings is 3. The summed E-state index contributed by atoms with van der Waals surface area (Å²) < 4.78 is 15.4. The van der Waals surface area contributed by atoms with Gasteiger partial charge in [0.15, 0.2) is 5.82 Å². The molecular weight excluding hydrogens is 644 g/mol. The van der Waals surface area contributed by atoms with Gasteiger partial charge >= 0.3 is 5.97 Å². The number of hydrogen-bond donors (Lipinski definition) is 2. The molecule has 51 heavy (non-hydrogen) atoms. The fourth-order valence-electron chi connectivity index (χ4n) is 8.58. The molecule has 0 unspecified atom stereocenters. The predicted octanol–water partition coefficient (Wildman–Crippen LogP) is 5.86. The minimum absolute atomic E-state index is 0.00584. The molecular formula is C40H40N6O5. The maximum Gasteiger partial charge on any atom is 0.338 e. The van der Waals surface area contributed by atoms with Gasteiger partial charge in [-0.15, -0.1) is 0 Å². The molecule has 3 aromatic heterocycles. The van der Waals surface area contributed by atoms with Gasteiger partial charge in [0.25, 0.3) is 5.91 Å². The van der Waals surface area contributed by atoms with Gasteiger partial charge in [-0.1, -0.05) is 24.3 Å². The van der Waals surface area contributed by atoms with E-state index in [2.05, 4.69) is 32.3 Å². The average molecular weight is 685 g/mol. The number of hydrogen-bond acceptors (Lipinski definition) is 7. The number of aryl methyl sites for hydroxylation is 1. The highest BCUT2D eigenvalue weighted by Gasteiger charge is 2.41. The van der Waals surface area contributed by atoms with Gasteiger partial charge < -0.3 is 34.2 Å². The number of ether oxygens (including phenoxy) is 2. The van der Waals surface area contributed by atoms with Crippen LogP contribution in [0.3, 0.4) is 0 Å². The van der Waals surface area contributed by atoms with Crippen molar-refractivity contribution in [1.82, 2.24) is 24.0 Å². The number of carbonyl (C=O) groups is 2. The third-order valence-electron chi connectivity index (χ3n) is 11.4. The number of aromatic nitrogens is 4. The molecule has 5 heterocycles. The first kappa shape index (κ1) is 31.6. The molecule has 4 fully saturated rings. The summed E-state index contributed by atoms with van der Waals surface area (Å²) in [6, 6.07) is 19.6. The molecule has 0 spiro atoms. The molecule has 2 saturated heterocycles. The number of nitrogens with one attached hydrogen (secondary N) is 1. The second-order valence-electron chi connectivity index (χ2n) is 14.5. The standard InChI is InChI=1S/C40H40N6O5/c1-44-37-32(14-25(16-34(37)50-2)39(48)45-20-24-9-11-26(45)17-30(24)41)43-38(44)33-15-23-5-4-6-27(36(23)46(33)19-21-7-8-21)22-10-12-31-28(13-22)29(40(49)51-3)18-35(47)42-31/h4-6,10,12-16,18,21,24,26,30H,7-9,11,17,19-20,41H2,1-3H3,(H,42,47)/t24-,26-,30+/m1/s1. The highest BCUT2D eigenvalue weighted by Crippen LogP contribution is 2.42. The number of amides is 1. The van der Waals surface area contributed by atoms with Crippen molar-refractivity contribution < 1.29 is 19.1 Å². The first-order valence-electron chi connectivity index (χ1n) is 17.7. The third-order valence-corrected chi connectivity index (χ3v) is 11.4. The van der Waals surface area contributed by atoms with Crippen LogP contribution in [0.4, 0.5) is 0 Å². The number of esters is 1. The number of H-pyrrole nitrogens is 1. The van der Waals surface area contributed by atoms with Gasteiger partial charge in [-0.3, -0.25) is 9.59 Å². The lowest BCUT2D eigenvalue weighted by molar-refractivity contribution is 0.0261. The van der Waals surface area contributed by atoms with Crippen molar-refractivity contribution in [1.29, 1.82) is 0 Å². The molecule has 1 amide bonds. The SMILES string of the molecule is COC(=O)c1cc(=O)[nH]c2ccc(-c3cccc4cc(-c5nc6cc(C(=O)N7C[C@H]8CC[C@@H]7C[C@@H]8N)cc(OC)c6n5C)n(CC5CC5)c34)cc12. The lowest BCUT2D eigenvalue weighted by Crippen LogP contribution is -2.58. The molecule has 0 radical (unpaired) electrons. The van der Waals surface area contributed by atoms with Gasteiger partial charge in [0.1, 0.15) is 11.3 Å². The fraction of sp³-hybridized carbons (Fsp3) is 0.350. The number of pyridine rings is 1. The Kier molecular flexibility index (Phi) is 7.32. The quantitative estimate of drug-likeness (QED) is 0.201. The Hall–Kier alpha value is -5.42. The molecule has 11 nitrogen and oxygen atoms in total. The van der Waals surface area contributed by atoms with E-state index >= 15 is 0 Å². The molecule has 2 aliphatic heterocycles. The third kappa shape index (κ3) is 5.13. The van der Waals surface area contributed by atoms with E-state index in [1.807, 2.05) is 48.3 Å². The fourth-order valence-corrected chi connectivity index (χ4v) is 8.58. The summed E-state index contributed by atoms with van der Waals surface area (Å²) in [4.78, 5) is 49.0. The van der Waals surface area contributed by atoms with E-state index in [-0.39, 0.29) is 29.1 Å². The second-order valence-corrected chi connectivity index (χ2v) is 14.5. The van der Waals surface area contributed by atoms with Crippen LogP contribution in [0.15, 0.2) is 65.5 Å². The molecule has 260 valence electrons. The van der Waals surface area contributed by atoms with Gasteiger partial charge in [-0.05, 0) is 79.8 Å². The van der Waals surface area contributed by atoms with Gasteiger partial charge in [0.2, 0.25) is 5.56 Å². The number of fused-ring (bicyclic) bond motifs is 6. The number of nitrogens with two attached hydrogens (primary N) is 1. The summed E-state index contributed by atoms with van der Waals surface area (Å²) in [5, 5.41) is 1.68. The molecule has 2 aliphatic carbocycles. The Morgan fingerprint density at radius 3 is 2.57 bits per heavy atom. The van der Waals surface area contributed by atoms with Crippen LogP contribution in [-0.2, 0) is 18.3 Å². The van der Waals surface area contributed by atoms with Crippen molar-refractivity contribution >= 4 is 44.7 Å². The van der Waals surface area contributed by atoms with Crippen LogP contribution in [0.5, 0.6) is 5.75 Å². The van der Waals surface area contributed by atoms with E-state index in [9.17, 15) is 14.4 Å². The average Bonchev–Trinajstić information content (AvgIpc) is 3.81. The largest absolute Gasteiger partial charge is 0.494 e. The maximum absolute atomic E-state index is 14.0. The summed E-state index contributed by atoms with van der Waals surface area (Å²) in [7, 11) is 4.95. The topological polar surface area (TPSA) is 137 Å². The number of para-hydroxylation sites is 1. The van der Waals surface area contributed by atoms with Crippen molar-refractivity contribution in [3.63, 3.8) is 0 Å². The van der Waals surface area contributed by atoms with E-state index in [0.29, 0.717) is 46.1 Å². The van der Waals surface area contributed by atoms with Gasteiger partial charge in [-0.2, -0.15) is 0 Å². The molecule has 3 N–H and O–H groups in total. The Labute approximate surface area is 294 Å². The summed E-state index contributed by atoms with van der Waals surface area (Å²) in [5.41, 5.74) is 12.9. The van der Waals surface area contributed by atoms with Gasteiger partial charge in [0, 0.05) is 65.7 Å². The van der Waals surface area contributed by atoms with Gasteiger partial charge in [-0.25, -0.2) is 9.78 Å². The number of aromatic amines is 1. The lowest BCUT2D eigenvalue weighted by Gasteiger charge is -2.48. The monoisotopic (exact) mass is 684 g/mol. The van der Waals surface area contributed by atoms with Crippen LogP contribution < -0.4 is 16.0 Å². The van der Waals surface area contributed by atoms with Crippen molar-refractivity contribution in [3.8, 4) is 28.4 Å². The van der Waals surface area contributed by atoms with E-state index in [1.54, 1.807) is 7.11 Å². The highest BCUT2D eigenvalue weighted by molar-refractivity contribution is 6.06. The molecule has 4 aliphatic rings. The first-order chi connectivity index (χ1) is 24.7. The highest BCUT2D eigenvalue weighted by atomic mass is 16.5. The van der Waals surface area contributed by atoms with Crippen LogP contribution in [0.1, 0.15) is 52.8 Å². The van der Waals surface area contributed by atoms with Crippen LogP contribution in [0, 0.1) is 11.8 Å². The summed E-state index contributed by atoms with van der Waals surface area (Å²) in [6.07, 6.45) is 5.25. The molecule has 6 aromatic rings. The number of nitrogens with zero attached hydrogens (tertiary/aromatic N) is 4. The Morgan fingerprint density at radius 2 is 1.84 bits per heavy atom. The number of rotatable bonds is 7. The van der Waals surface area contributed by atoms with E-state index in [1.165, 1.54) is 13.2 Å². The Bertz CT molecular complexity index is 2470. The smallest absolute Gasteiger partial charge is 0.338 e. The van der Waals surface area contributed by atoms with Crippen molar-refractivity contribution in [3.05, 3.63) is 82.1 Å². The number of imidazole rings is 1. The zero-order valence-corrected chi connectivity index (χ0v) is 28.9. The van der Waals surface area contributed by atoms with Crippen LogP contribution in [0.25, 0.3) is 55.5 Å². The first-order valence-corrected chi connectivity index (χ1v) is 17.7. The number of piperidine rings is 2. The molecule has 2 bridgehead atoms. The predicted molar refractivity (Wildman–Crippen MR) is 196 cm³/mol. The maximum atomic E-state index is 14.0. The zero-order chi connectivity index (χ0) is 35.1. The van der Waals surface area contributed by atoms with E-state index < -0.39 is 5.97 Å². The van der Waals surface area contributed by atoms with Crippen LogP contribution in [0.2, 0.25) is 0 Å². The molecule has 3 aromatic carbocycles. The second kappa shape index (κ2) is 11.8. The van der Waals surface area contributed by atoms with Crippen LogP contribution >= 0.6 is 0 Å². The number of carbonyl (C=O) groups excluding carboxylic acids is 2. The summed E-state index contributed by atoms with van der Waals surface area (Å²) >= 11 is 0. The Balaban J connectivity index is 1.19. The molecule has 2 saturated carbocycles. The van der Waals surface area contributed by atoms with E-state index in [4.69, 9.17) is 20.2 Å². The van der Waals surface area contributed by atoms with E-state index in [0.717, 1.165) is 77.7 Å². The summed E-state index contributed by atoms with van der Waals surface area (Å²) in [6.45, 7) is 1.52. The molecule has 10 rings (SSSR count). The molecule has 11 heteroatoms. The minimum Gasteiger partial charge on any atom is -0.494 e. The normalized spacial score (nSPS) is 20.1.